The van der Waals surface area contributed by atoms with Crippen molar-refractivity contribution in [2.45, 2.75) is 125 Å². The van der Waals surface area contributed by atoms with Crippen LogP contribution in [0.5, 0.6) is 0 Å². The van der Waals surface area contributed by atoms with Crippen LogP contribution in [-0.4, -0.2) is 68.8 Å². The Morgan fingerprint density at radius 2 is 1.50 bits per heavy atom. The van der Waals surface area contributed by atoms with E-state index in [2.05, 4.69) is 10.3 Å². The average molecular weight is 669 g/mol. The third-order valence-electron chi connectivity index (χ3n) is 7.31. The molecule has 4 rings (SSSR count). The number of pyridine rings is 1. The minimum absolute atomic E-state index is 0.0626. The summed E-state index contributed by atoms with van der Waals surface area (Å²) < 4.78 is 33.9. The molecule has 2 atom stereocenters. The number of likely N-dealkylation sites (tertiary alicyclic amines) is 1. The summed E-state index contributed by atoms with van der Waals surface area (Å²) >= 11 is 0. The Labute approximate surface area is 284 Å². The number of nitrogens with one attached hydrogen (secondary N) is 1. The molecule has 1 N–H and O–H groups in total. The van der Waals surface area contributed by atoms with Crippen LogP contribution in [-0.2, 0) is 20.6 Å². The van der Waals surface area contributed by atoms with E-state index >= 15 is 4.39 Å². The van der Waals surface area contributed by atoms with E-state index in [9.17, 15) is 14.4 Å². The molecule has 0 radical (unpaired) electrons. The molecule has 1 aliphatic heterocycles. The Morgan fingerprint density at radius 3 is 2.06 bits per heavy atom. The molecule has 2 amide bonds. The van der Waals surface area contributed by atoms with Crippen molar-refractivity contribution < 1.29 is 33.0 Å². The highest BCUT2D eigenvalue weighted by Crippen LogP contribution is 2.39. The molecule has 264 valence electrons. The summed E-state index contributed by atoms with van der Waals surface area (Å²) in [5.74, 6) is -0.181. The van der Waals surface area contributed by atoms with Gasteiger partial charge in [0.2, 0.25) is 0 Å². The molecular formula is C37H53FN4O6. The lowest BCUT2D eigenvalue weighted by molar-refractivity contribution is 0.0111. The number of fused-ring (bicyclic) bond motifs is 1. The summed E-state index contributed by atoms with van der Waals surface area (Å²) in [5, 5.41) is 3.46. The number of amides is 2. The monoisotopic (exact) mass is 668 g/mol. The van der Waals surface area contributed by atoms with Crippen molar-refractivity contribution >= 4 is 35.0 Å². The third kappa shape index (κ3) is 9.70. The van der Waals surface area contributed by atoms with Crippen LogP contribution in [0.1, 0.15) is 107 Å². The number of carbonyl (C=O) groups is 3. The quantitative estimate of drug-likeness (QED) is 0.276. The fourth-order valence-electron chi connectivity index (χ4n) is 5.59. The van der Waals surface area contributed by atoms with Crippen molar-refractivity contribution in [1.82, 2.24) is 14.5 Å². The highest BCUT2D eigenvalue weighted by molar-refractivity contribution is 6.00. The molecule has 1 saturated heterocycles. The number of halogens is 1. The molecule has 0 aliphatic carbocycles. The zero-order valence-corrected chi connectivity index (χ0v) is 30.6. The highest BCUT2D eigenvalue weighted by atomic mass is 19.1. The fourth-order valence-corrected chi connectivity index (χ4v) is 5.59. The molecule has 0 saturated carbocycles. The Bertz CT molecular complexity index is 1610. The third-order valence-corrected chi connectivity index (χ3v) is 7.31. The van der Waals surface area contributed by atoms with Crippen LogP contribution in [0.15, 0.2) is 36.5 Å². The molecule has 10 nitrogen and oxygen atoms in total. The predicted molar refractivity (Wildman–Crippen MR) is 187 cm³/mol. The average Bonchev–Trinajstić information content (AvgIpc) is 3.29. The van der Waals surface area contributed by atoms with E-state index in [1.807, 2.05) is 39.0 Å². The number of piperidine rings is 1. The molecule has 0 bridgehead atoms. The van der Waals surface area contributed by atoms with Gasteiger partial charge in [-0.2, -0.15) is 0 Å². The van der Waals surface area contributed by atoms with E-state index < -0.39 is 47.2 Å². The van der Waals surface area contributed by atoms with Gasteiger partial charge in [0.05, 0.1) is 17.8 Å². The number of anilines is 1. The number of hydrogen-bond acceptors (Lipinski definition) is 7. The first kappa shape index (κ1) is 38.3. The minimum Gasteiger partial charge on any atom is -0.444 e. The molecule has 11 heteroatoms. The first-order chi connectivity index (χ1) is 22.3. The summed E-state index contributed by atoms with van der Waals surface area (Å²) in [6.07, 6.45) is -0.491. The second-order valence-corrected chi connectivity index (χ2v) is 14.7. The maximum atomic E-state index is 15.7. The van der Waals surface area contributed by atoms with Gasteiger partial charge in [0, 0.05) is 29.6 Å². The first-order valence-electron chi connectivity index (χ1n) is 16.8. The maximum absolute atomic E-state index is 15.7. The van der Waals surface area contributed by atoms with Gasteiger partial charge in [0.1, 0.15) is 28.8 Å². The van der Waals surface area contributed by atoms with Gasteiger partial charge in [-0.3, -0.25) is 5.32 Å². The number of benzene rings is 1. The SMILES string of the molecule is CC.CCc1c(-c2ccnc(NC(=O)OC(C)(C)C)c2)n(C(=O)OC(C)(C)C)c2ccc(C3CCN(C(=O)OC(C)(C)C)CC3F)cc12. The number of nitrogens with zero attached hydrogens (tertiary/aromatic N) is 3. The Hall–Kier alpha value is -4.15. The number of ether oxygens (including phenoxy) is 3. The maximum Gasteiger partial charge on any atom is 0.419 e. The summed E-state index contributed by atoms with van der Waals surface area (Å²) in [7, 11) is 0. The molecule has 3 aromatic rings. The topological polar surface area (TPSA) is 112 Å². The molecular weight excluding hydrogens is 615 g/mol. The van der Waals surface area contributed by atoms with Gasteiger partial charge in [0.15, 0.2) is 0 Å². The zero-order chi connectivity index (χ0) is 36.2. The lowest BCUT2D eigenvalue weighted by Crippen LogP contribution is -2.46. The largest absolute Gasteiger partial charge is 0.444 e. The van der Waals surface area contributed by atoms with Gasteiger partial charge in [-0.05, 0) is 111 Å². The lowest BCUT2D eigenvalue weighted by Gasteiger charge is -2.35. The van der Waals surface area contributed by atoms with E-state index in [0.29, 0.717) is 36.2 Å². The van der Waals surface area contributed by atoms with Crippen LogP contribution in [0.25, 0.3) is 22.2 Å². The Balaban J connectivity index is 0.00000307. The second kappa shape index (κ2) is 15.0. The normalized spacial score (nSPS) is 16.9. The molecule has 2 aromatic heterocycles. The Kier molecular flexibility index (Phi) is 11.9. The number of aromatic nitrogens is 2. The van der Waals surface area contributed by atoms with Gasteiger partial charge in [-0.1, -0.05) is 26.8 Å². The molecule has 48 heavy (non-hydrogen) atoms. The molecule has 2 unspecified atom stereocenters. The van der Waals surface area contributed by atoms with Gasteiger partial charge in [-0.25, -0.2) is 28.3 Å². The van der Waals surface area contributed by atoms with Crippen LogP contribution in [0.4, 0.5) is 24.6 Å². The molecule has 3 heterocycles. The number of carbonyl (C=O) groups excluding carboxylic acids is 3. The van der Waals surface area contributed by atoms with Crippen molar-refractivity contribution in [2.75, 3.05) is 18.4 Å². The predicted octanol–water partition coefficient (Wildman–Crippen LogP) is 9.48. The highest BCUT2D eigenvalue weighted by Gasteiger charge is 2.35. The van der Waals surface area contributed by atoms with Gasteiger partial charge in [-0.15, -0.1) is 0 Å². The van der Waals surface area contributed by atoms with E-state index in [1.165, 1.54) is 9.47 Å². The van der Waals surface area contributed by atoms with E-state index in [1.54, 1.807) is 80.6 Å². The van der Waals surface area contributed by atoms with Gasteiger partial charge in [0.25, 0.3) is 0 Å². The first-order valence-corrected chi connectivity index (χ1v) is 16.8. The lowest BCUT2D eigenvalue weighted by atomic mass is 9.87. The van der Waals surface area contributed by atoms with Crippen molar-refractivity contribution in [3.05, 3.63) is 47.7 Å². The second-order valence-electron chi connectivity index (χ2n) is 14.7. The van der Waals surface area contributed by atoms with Gasteiger partial charge < -0.3 is 19.1 Å². The minimum atomic E-state index is -1.29. The smallest absolute Gasteiger partial charge is 0.419 e. The van der Waals surface area contributed by atoms with Gasteiger partial charge >= 0.3 is 18.3 Å². The van der Waals surface area contributed by atoms with Crippen LogP contribution in [0.3, 0.4) is 0 Å². The number of alkyl halides is 1. The zero-order valence-electron chi connectivity index (χ0n) is 30.6. The standard InChI is InChI=1S/C35H47FN4O6.C2H6/c1-11-23-25-18-21(24-15-17-39(20-26(24)36)31(42)45-34(5,6)7)12-13-27(25)40(32(43)46-35(8,9)10)29(23)22-14-16-37-28(19-22)38-30(41)44-33(2,3)4;1-2/h12-14,16,18-19,24,26H,11,15,17,20H2,1-10H3,(H,37,38,41);1-2H3. The van der Waals surface area contributed by atoms with Crippen LogP contribution in [0, 0.1) is 0 Å². The molecule has 1 aromatic carbocycles. The van der Waals surface area contributed by atoms with E-state index in [0.717, 1.165) is 16.5 Å². The van der Waals surface area contributed by atoms with Crippen LogP contribution >= 0.6 is 0 Å². The van der Waals surface area contributed by atoms with Crippen molar-refractivity contribution in [2.24, 2.45) is 0 Å². The van der Waals surface area contributed by atoms with E-state index in [4.69, 9.17) is 14.2 Å². The Morgan fingerprint density at radius 1 is 0.896 bits per heavy atom. The van der Waals surface area contributed by atoms with Crippen LogP contribution in [0.2, 0.25) is 0 Å². The summed E-state index contributed by atoms with van der Waals surface area (Å²) in [6.45, 7) is 22.4. The van der Waals surface area contributed by atoms with Crippen molar-refractivity contribution in [3.8, 4) is 11.3 Å². The number of aryl methyl sites for hydroxylation is 1. The number of rotatable bonds is 4. The van der Waals surface area contributed by atoms with E-state index in [-0.39, 0.29) is 12.4 Å². The fraction of sp³-hybridized carbons (Fsp3) is 0.568. The summed E-state index contributed by atoms with van der Waals surface area (Å²) in [4.78, 5) is 44.6. The summed E-state index contributed by atoms with van der Waals surface area (Å²) in [5.41, 5.74) is 1.37. The van der Waals surface area contributed by atoms with Crippen molar-refractivity contribution in [3.63, 3.8) is 0 Å². The molecule has 1 fully saturated rings. The van der Waals surface area contributed by atoms with Crippen LogP contribution < -0.4 is 5.32 Å². The van der Waals surface area contributed by atoms with Crippen molar-refractivity contribution in [1.29, 1.82) is 0 Å². The number of hydrogen-bond donors (Lipinski definition) is 1. The molecule has 0 spiro atoms. The molecule has 1 aliphatic rings. The summed E-state index contributed by atoms with van der Waals surface area (Å²) in [6, 6.07) is 9.06.